The summed E-state index contributed by atoms with van der Waals surface area (Å²) < 4.78 is 56.1. The fourth-order valence-electron chi connectivity index (χ4n) is 2.12. The molecule has 0 radical (unpaired) electrons. The van der Waals surface area contributed by atoms with E-state index in [-0.39, 0.29) is 0 Å². The largest absolute Gasteiger partial charge is 0.272 e. The molecule has 0 saturated carbocycles. The van der Waals surface area contributed by atoms with Gasteiger partial charge in [0.05, 0.1) is 0 Å². The van der Waals surface area contributed by atoms with Crippen molar-refractivity contribution in [2.75, 3.05) is 11.4 Å². The van der Waals surface area contributed by atoms with Gasteiger partial charge in [-0.25, -0.2) is 8.61 Å². The minimum atomic E-state index is -1.78. The standard InChI is InChI=1S/C13H15F4N3OS/c1-6(2)4-5-7-13(21)20(22-19(7)3)10-8(14)11(16)18-12(17)9(10)15/h6-7H,4-5H2,1-3H3. The molecule has 0 N–H and O–H groups in total. The topological polar surface area (TPSA) is 36.4 Å². The number of hydrogen-bond donors (Lipinski definition) is 0. The summed E-state index contributed by atoms with van der Waals surface area (Å²) in [4.78, 5) is 14.8. The smallest absolute Gasteiger partial charge is 0.256 e. The molecule has 122 valence electrons. The molecule has 1 amide bonds. The summed E-state index contributed by atoms with van der Waals surface area (Å²) in [6.45, 7) is 3.97. The van der Waals surface area contributed by atoms with Gasteiger partial charge in [-0.3, -0.25) is 4.79 Å². The summed E-state index contributed by atoms with van der Waals surface area (Å²) in [5.41, 5.74) is -1.06. The predicted molar refractivity (Wildman–Crippen MR) is 74.8 cm³/mol. The van der Waals surface area contributed by atoms with Crippen molar-refractivity contribution in [1.29, 1.82) is 0 Å². The molecule has 1 aliphatic heterocycles. The highest BCUT2D eigenvalue weighted by Crippen LogP contribution is 2.39. The van der Waals surface area contributed by atoms with E-state index >= 15 is 0 Å². The average molecular weight is 337 g/mol. The van der Waals surface area contributed by atoms with E-state index in [1.54, 1.807) is 7.05 Å². The van der Waals surface area contributed by atoms with Gasteiger partial charge in [0.15, 0.2) is 0 Å². The molecule has 0 aromatic carbocycles. The molecule has 1 unspecified atom stereocenters. The van der Waals surface area contributed by atoms with Gasteiger partial charge in [0.1, 0.15) is 11.7 Å². The van der Waals surface area contributed by atoms with Gasteiger partial charge in [-0.05, 0) is 18.8 Å². The molecule has 0 spiro atoms. The van der Waals surface area contributed by atoms with Gasteiger partial charge in [0, 0.05) is 19.2 Å². The predicted octanol–water partition coefficient (Wildman–Crippen LogP) is 3.28. The Balaban J connectivity index is 2.33. The first-order valence-corrected chi connectivity index (χ1v) is 7.42. The second-order valence-corrected chi connectivity index (χ2v) is 6.52. The van der Waals surface area contributed by atoms with Crippen LogP contribution in [0.5, 0.6) is 0 Å². The van der Waals surface area contributed by atoms with E-state index in [2.05, 4.69) is 4.98 Å². The minimum absolute atomic E-state index is 0.351. The molecule has 1 atom stereocenters. The quantitative estimate of drug-likeness (QED) is 0.480. The molecule has 1 aromatic rings. The summed E-state index contributed by atoms with van der Waals surface area (Å²) >= 11 is 0.708. The molecule has 9 heteroatoms. The first kappa shape index (κ1) is 17.0. The Morgan fingerprint density at radius 2 is 1.73 bits per heavy atom. The zero-order chi connectivity index (χ0) is 16.6. The van der Waals surface area contributed by atoms with Gasteiger partial charge in [-0.2, -0.15) is 22.5 Å². The van der Waals surface area contributed by atoms with Crippen LogP contribution in [0.1, 0.15) is 26.7 Å². The molecule has 2 rings (SSSR count). The van der Waals surface area contributed by atoms with Crippen molar-refractivity contribution in [2.24, 2.45) is 5.92 Å². The Bertz CT molecular complexity index is 573. The van der Waals surface area contributed by atoms with E-state index in [9.17, 15) is 22.4 Å². The zero-order valence-electron chi connectivity index (χ0n) is 12.2. The van der Waals surface area contributed by atoms with E-state index < -0.39 is 41.2 Å². The van der Waals surface area contributed by atoms with Crippen LogP contribution in [0, 0.1) is 29.4 Å². The molecule has 4 nitrogen and oxygen atoms in total. The molecule has 1 aliphatic rings. The first-order valence-electron chi connectivity index (χ1n) is 6.68. The van der Waals surface area contributed by atoms with Gasteiger partial charge in [0.2, 0.25) is 11.6 Å². The lowest BCUT2D eigenvalue weighted by molar-refractivity contribution is -0.119. The van der Waals surface area contributed by atoms with Crippen LogP contribution in [-0.2, 0) is 4.79 Å². The number of halogens is 4. The van der Waals surface area contributed by atoms with Crippen molar-refractivity contribution >= 4 is 23.7 Å². The highest BCUT2D eigenvalue weighted by molar-refractivity contribution is 7.99. The van der Waals surface area contributed by atoms with E-state index in [4.69, 9.17) is 0 Å². The number of pyridine rings is 1. The number of anilines is 1. The molecule has 1 saturated heterocycles. The van der Waals surface area contributed by atoms with Crippen LogP contribution in [0.25, 0.3) is 0 Å². The number of aromatic nitrogens is 1. The van der Waals surface area contributed by atoms with Gasteiger partial charge in [0.25, 0.3) is 17.8 Å². The number of carbonyl (C=O) groups excluding carboxylic acids is 1. The van der Waals surface area contributed by atoms with Crippen molar-refractivity contribution in [3.05, 3.63) is 23.5 Å². The third-order valence-corrected chi connectivity index (χ3v) is 4.37. The van der Waals surface area contributed by atoms with Crippen molar-refractivity contribution < 1.29 is 22.4 Å². The zero-order valence-corrected chi connectivity index (χ0v) is 13.1. The van der Waals surface area contributed by atoms with E-state index in [1.165, 1.54) is 4.31 Å². The number of hydrogen-bond acceptors (Lipinski definition) is 4. The first-order chi connectivity index (χ1) is 10.2. The summed E-state index contributed by atoms with van der Waals surface area (Å²) in [7, 11) is 1.58. The SMILES string of the molecule is CC(C)CCC1C(=O)N(c2c(F)c(F)nc(F)c2F)SN1C. The third-order valence-electron chi connectivity index (χ3n) is 3.33. The highest BCUT2D eigenvalue weighted by Gasteiger charge is 2.42. The molecular formula is C13H15F4N3OS. The monoisotopic (exact) mass is 337 g/mol. The third kappa shape index (κ3) is 3.05. The molecule has 2 heterocycles. The van der Waals surface area contributed by atoms with Crippen molar-refractivity contribution in [1.82, 2.24) is 9.29 Å². The second kappa shape index (κ2) is 6.41. The van der Waals surface area contributed by atoms with Crippen LogP contribution >= 0.6 is 12.1 Å². The van der Waals surface area contributed by atoms with Crippen LogP contribution in [0.2, 0.25) is 0 Å². The lowest BCUT2D eigenvalue weighted by Gasteiger charge is -2.15. The van der Waals surface area contributed by atoms with Crippen molar-refractivity contribution in [2.45, 2.75) is 32.7 Å². The van der Waals surface area contributed by atoms with Crippen LogP contribution < -0.4 is 4.31 Å². The maximum absolute atomic E-state index is 13.8. The summed E-state index contributed by atoms with van der Waals surface area (Å²) in [5.74, 6) is -7.19. The van der Waals surface area contributed by atoms with Crippen LogP contribution in [0.15, 0.2) is 0 Å². The van der Waals surface area contributed by atoms with E-state index in [0.29, 0.717) is 28.8 Å². The summed E-state index contributed by atoms with van der Waals surface area (Å²) in [6.07, 6.45) is 1.22. The van der Waals surface area contributed by atoms with Gasteiger partial charge in [-0.1, -0.05) is 13.8 Å². The normalized spacial score (nSPS) is 19.5. The lowest BCUT2D eigenvalue weighted by Crippen LogP contribution is -2.32. The Morgan fingerprint density at radius 3 is 2.23 bits per heavy atom. The van der Waals surface area contributed by atoms with E-state index in [0.717, 1.165) is 6.42 Å². The molecule has 1 fully saturated rings. The number of likely N-dealkylation sites (N-methyl/N-ethyl adjacent to an activating group) is 1. The van der Waals surface area contributed by atoms with Crippen LogP contribution in [0.4, 0.5) is 23.2 Å². The maximum atomic E-state index is 13.8. The summed E-state index contributed by atoms with van der Waals surface area (Å²) in [5, 5.41) is 0. The number of amides is 1. The fraction of sp³-hybridized carbons (Fsp3) is 0.538. The van der Waals surface area contributed by atoms with Gasteiger partial charge >= 0.3 is 0 Å². The maximum Gasteiger partial charge on any atom is 0.256 e. The van der Waals surface area contributed by atoms with Crippen LogP contribution in [0.3, 0.4) is 0 Å². The molecule has 0 bridgehead atoms. The Kier molecular flexibility index (Phi) is 4.96. The number of carbonyl (C=O) groups is 1. The Hall–Kier alpha value is -1.35. The minimum Gasteiger partial charge on any atom is -0.272 e. The Labute approximate surface area is 129 Å². The average Bonchev–Trinajstić information content (AvgIpc) is 2.70. The molecular weight excluding hydrogens is 322 g/mol. The van der Waals surface area contributed by atoms with Crippen LogP contribution in [-0.4, -0.2) is 28.3 Å². The van der Waals surface area contributed by atoms with Gasteiger partial charge in [-0.15, -0.1) is 0 Å². The molecule has 1 aromatic heterocycles. The van der Waals surface area contributed by atoms with E-state index in [1.807, 2.05) is 13.8 Å². The second-order valence-electron chi connectivity index (χ2n) is 5.42. The highest BCUT2D eigenvalue weighted by atomic mass is 32.2. The molecule has 0 aliphatic carbocycles. The number of nitrogens with zero attached hydrogens (tertiary/aromatic N) is 3. The lowest BCUT2D eigenvalue weighted by atomic mass is 10.0. The summed E-state index contributed by atoms with van der Waals surface area (Å²) in [6, 6.07) is -0.606. The fourth-order valence-corrected chi connectivity index (χ4v) is 3.13. The Morgan fingerprint density at radius 1 is 1.18 bits per heavy atom. The van der Waals surface area contributed by atoms with Crippen molar-refractivity contribution in [3.63, 3.8) is 0 Å². The number of rotatable bonds is 4. The van der Waals surface area contributed by atoms with Crippen molar-refractivity contribution in [3.8, 4) is 0 Å². The molecule has 22 heavy (non-hydrogen) atoms. The van der Waals surface area contributed by atoms with Gasteiger partial charge < -0.3 is 0 Å².